The molecule has 0 aromatic carbocycles. The number of pyridine rings is 1. The highest BCUT2D eigenvalue weighted by molar-refractivity contribution is 9.10. The molecule has 0 saturated carbocycles. The van der Waals surface area contributed by atoms with Gasteiger partial charge < -0.3 is 0 Å². The molecule has 0 aliphatic rings. The lowest BCUT2D eigenvalue weighted by atomic mass is 10.2. The van der Waals surface area contributed by atoms with Gasteiger partial charge in [-0.25, -0.2) is 0 Å². The zero-order chi connectivity index (χ0) is 11.4. The second-order valence-electron chi connectivity index (χ2n) is 3.82. The quantitative estimate of drug-likeness (QED) is 0.858. The normalized spacial score (nSPS) is 10.9. The summed E-state index contributed by atoms with van der Waals surface area (Å²) in [5.41, 5.74) is 2.60. The molecular weight excluding hydrogens is 284 g/mol. The zero-order valence-corrected chi connectivity index (χ0v) is 11.5. The van der Waals surface area contributed by atoms with Gasteiger partial charge in [0.2, 0.25) is 0 Å². The van der Waals surface area contributed by atoms with Crippen LogP contribution in [0.5, 0.6) is 0 Å². The van der Waals surface area contributed by atoms with Crippen molar-refractivity contribution in [2.75, 3.05) is 7.05 Å². The standard InChI is InChI=1S/C12H13BrN2S/c1-15(7-10-2-3-16-9-10)8-11-4-12(13)6-14-5-11/h2-6,9H,7-8H2,1H3. The fraction of sp³-hybridized carbons (Fsp3) is 0.250. The fourth-order valence-electron chi connectivity index (χ4n) is 1.60. The van der Waals surface area contributed by atoms with Gasteiger partial charge in [-0.05, 0) is 57.0 Å². The Balaban J connectivity index is 1.94. The summed E-state index contributed by atoms with van der Waals surface area (Å²) in [7, 11) is 2.12. The van der Waals surface area contributed by atoms with Gasteiger partial charge in [0, 0.05) is 30.0 Å². The molecular formula is C12H13BrN2S. The predicted molar refractivity (Wildman–Crippen MR) is 71.4 cm³/mol. The fourth-order valence-corrected chi connectivity index (χ4v) is 2.68. The maximum Gasteiger partial charge on any atom is 0.0410 e. The van der Waals surface area contributed by atoms with Crippen LogP contribution in [0.15, 0.2) is 39.8 Å². The van der Waals surface area contributed by atoms with E-state index >= 15 is 0 Å². The Morgan fingerprint density at radius 3 is 2.81 bits per heavy atom. The Bertz CT molecular complexity index is 442. The number of nitrogens with zero attached hydrogens (tertiary/aromatic N) is 2. The molecule has 0 saturated heterocycles. The van der Waals surface area contributed by atoms with E-state index in [0.29, 0.717) is 0 Å². The van der Waals surface area contributed by atoms with E-state index in [1.165, 1.54) is 11.1 Å². The van der Waals surface area contributed by atoms with Crippen LogP contribution in [0.2, 0.25) is 0 Å². The number of rotatable bonds is 4. The number of hydrogen-bond donors (Lipinski definition) is 0. The Morgan fingerprint density at radius 2 is 2.12 bits per heavy atom. The molecule has 0 bridgehead atoms. The molecule has 84 valence electrons. The third kappa shape index (κ3) is 3.40. The molecule has 0 atom stereocenters. The minimum Gasteiger partial charge on any atom is -0.298 e. The smallest absolute Gasteiger partial charge is 0.0410 e. The summed E-state index contributed by atoms with van der Waals surface area (Å²) in [5.74, 6) is 0. The molecule has 16 heavy (non-hydrogen) atoms. The van der Waals surface area contributed by atoms with Gasteiger partial charge in [-0.3, -0.25) is 9.88 Å². The molecule has 0 radical (unpaired) electrons. The van der Waals surface area contributed by atoms with Crippen molar-refractivity contribution in [3.8, 4) is 0 Å². The van der Waals surface area contributed by atoms with Crippen LogP contribution in [0.4, 0.5) is 0 Å². The van der Waals surface area contributed by atoms with Crippen LogP contribution in [0, 0.1) is 0 Å². The predicted octanol–water partition coefficient (Wildman–Crippen LogP) is 3.54. The number of thiophene rings is 1. The van der Waals surface area contributed by atoms with Gasteiger partial charge in [-0.15, -0.1) is 0 Å². The number of aromatic nitrogens is 1. The van der Waals surface area contributed by atoms with E-state index in [0.717, 1.165) is 17.6 Å². The van der Waals surface area contributed by atoms with Crippen LogP contribution in [-0.2, 0) is 13.1 Å². The summed E-state index contributed by atoms with van der Waals surface area (Å²) < 4.78 is 1.04. The molecule has 0 aliphatic heterocycles. The maximum atomic E-state index is 4.16. The van der Waals surface area contributed by atoms with Gasteiger partial charge in [-0.1, -0.05) is 0 Å². The van der Waals surface area contributed by atoms with Crippen LogP contribution in [0.1, 0.15) is 11.1 Å². The van der Waals surface area contributed by atoms with Crippen molar-refractivity contribution in [2.45, 2.75) is 13.1 Å². The van der Waals surface area contributed by atoms with E-state index in [4.69, 9.17) is 0 Å². The lowest BCUT2D eigenvalue weighted by Gasteiger charge is -2.15. The molecule has 0 unspecified atom stereocenters. The lowest BCUT2D eigenvalue weighted by molar-refractivity contribution is 0.319. The van der Waals surface area contributed by atoms with Gasteiger partial charge in [0.1, 0.15) is 0 Å². The SMILES string of the molecule is CN(Cc1ccsc1)Cc1cncc(Br)c1. The van der Waals surface area contributed by atoms with E-state index in [1.807, 2.05) is 12.4 Å². The zero-order valence-electron chi connectivity index (χ0n) is 9.06. The summed E-state index contributed by atoms with van der Waals surface area (Å²) in [5, 5.41) is 4.31. The summed E-state index contributed by atoms with van der Waals surface area (Å²) in [6.07, 6.45) is 3.72. The molecule has 2 rings (SSSR count). The third-order valence-corrected chi connectivity index (χ3v) is 3.41. The molecule has 0 N–H and O–H groups in total. The van der Waals surface area contributed by atoms with Crippen LogP contribution < -0.4 is 0 Å². The Hall–Kier alpha value is -0.710. The topological polar surface area (TPSA) is 16.1 Å². The van der Waals surface area contributed by atoms with Crippen LogP contribution in [-0.4, -0.2) is 16.9 Å². The monoisotopic (exact) mass is 296 g/mol. The molecule has 4 heteroatoms. The van der Waals surface area contributed by atoms with E-state index in [2.05, 4.69) is 55.8 Å². The van der Waals surface area contributed by atoms with Crippen molar-refractivity contribution in [3.05, 3.63) is 50.9 Å². The van der Waals surface area contributed by atoms with Crippen molar-refractivity contribution in [3.63, 3.8) is 0 Å². The molecule has 0 amide bonds. The van der Waals surface area contributed by atoms with Crippen molar-refractivity contribution >= 4 is 27.3 Å². The average molecular weight is 297 g/mol. The van der Waals surface area contributed by atoms with Crippen LogP contribution in [0.25, 0.3) is 0 Å². The third-order valence-electron chi connectivity index (χ3n) is 2.25. The van der Waals surface area contributed by atoms with Gasteiger partial charge in [0.05, 0.1) is 0 Å². The molecule has 0 aliphatic carbocycles. The second-order valence-corrected chi connectivity index (χ2v) is 5.51. The number of halogens is 1. The molecule has 2 nitrogen and oxygen atoms in total. The largest absolute Gasteiger partial charge is 0.298 e. The van der Waals surface area contributed by atoms with Crippen molar-refractivity contribution in [2.24, 2.45) is 0 Å². The summed E-state index contributed by atoms with van der Waals surface area (Å²) >= 11 is 5.18. The molecule has 0 spiro atoms. The summed E-state index contributed by atoms with van der Waals surface area (Å²) in [6, 6.07) is 4.28. The first-order chi connectivity index (χ1) is 7.74. The van der Waals surface area contributed by atoms with Gasteiger partial charge in [0.15, 0.2) is 0 Å². The Kier molecular flexibility index (Phi) is 4.09. The van der Waals surface area contributed by atoms with E-state index in [-0.39, 0.29) is 0 Å². The molecule has 2 aromatic heterocycles. The highest BCUT2D eigenvalue weighted by Crippen LogP contribution is 2.13. The van der Waals surface area contributed by atoms with Gasteiger partial charge in [-0.2, -0.15) is 11.3 Å². The van der Waals surface area contributed by atoms with Crippen molar-refractivity contribution < 1.29 is 0 Å². The minimum absolute atomic E-state index is 0.919. The Morgan fingerprint density at radius 1 is 1.31 bits per heavy atom. The first-order valence-electron chi connectivity index (χ1n) is 5.03. The Labute approximate surface area is 108 Å². The maximum absolute atomic E-state index is 4.16. The average Bonchev–Trinajstić information content (AvgIpc) is 2.70. The lowest BCUT2D eigenvalue weighted by Crippen LogP contribution is -2.16. The van der Waals surface area contributed by atoms with E-state index < -0.39 is 0 Å². The van der Waals surface area contributed by atoms with E-state index in [1.54, 1.807) is 11.3 Å². The molecule has 0 fully saturated rings. The first kappa shape index (κ1) is 11.8. The minimum atomic E-state index is 0.919. The van der Waals surface area contributed by atoms with Crippen LogP contribution >= 0.6 is 27.3 Å². The second kappa shape index (κ2) is 5.57. The highest BCUT2D eigenvalue weighted by atomic mass is 79.9. The molecule has 2 aromatic rings. The van der Waals surface area contributed by atoms with Crippen molar-refractivity contribution in [1.82, 2.24) is 9.88 Å². The van der Waals surface area contributed by atoms with Gasteiger partial charge >= 0.3 is 0 Å². The first-order valence-corrected chi connectivity index (χ1v) is 6.76. The molecule has 2 heterocycles. The number of hydrogen-bond acceptors (Lipinski definition) is 3. The highest BCUT2D eigenvalue weighted by Gasteiger charge is 2.02. The van der Waals surface area contributed by atoms with Gasteiger partial charge in [0.25, 0.3) is 0 Å². The van der Waals surface area contributed by atoms with Crippen LogP contribution in [0.3, 0.4) is 0 Å². The van der Waals surface area contributed by atoms with E-state index in [9.17, 15) is 0 Å². The van der Waals surface area contributed by atoms with Crippen molar-refractivity contribution in [1.29, 1.82) is 0 Å². The summed E-state index contributed by atoms with van der Waals surface area (Å²) in [6.45, 7) is 1.90. The summed E-state index contributed by atoms with van der Waals surface area (Å²) in [4.78, 5) is 6.45.